The Balaban J connectivity index is 1.40. The van der Waals surface area contributed by atoms with Crippen LogP contribution >= 0.6 is 0 Å². The molecule has 1 N–H and O–H groups in total. The van der Waals surface area contributed by atoms with Crippen LogP contribution in [0.1, 0.15) is 24.5 Å². The molecule has 1 saturated heterocycles. The van der Waals surface area contributed by atoms with Gasteiger partial charge in [-0.2, -0.15) is 4.98 Å². The van der Waals surface area contributed by atoms with E-state index in [1.165, 1.54) is 25.2 Å². The summed E-state index contributed by atoms with van der Waals surface area (Å²) in [4.78, 5) is 30.1. The number of ether oxygens (including phenoxy) is 1. The molecule has 6 nitrogen and oxygen atoms in total. The maximum absolute atomic E-state index is 12.7. The number of allylic oxidation sites excluding steroid dienone is 1. The SMILES string of the molecule is COc1nc(NC(C)=O)ccc1/C=C/C(=O)N1CC2C=C(c3ccccc3)CC2C1. The molecule has 2 amide bonds. The number of carbonyl (C=O) groups is 2. The average Bonchev–Trinajstić information content (AvgIpc) is 3.32. The summed E-state index contributed by atoms with van der Waals surface area (Å²) in [5.41, 5.74) is 3.36. The summed E-state index contributed by atoms with van der Waals surface area (Å²) in [5, 5.41) is 2.62. The Labute approximate surface area is 176 Å². The largest absolute Gasteiger partial charge is 0.481 e. The van der Waals surface area contributed by atoms with Crippen LogP contribution in [0.5, 0.6) is 5.88 Å². The molecule has 0 bridgehead atoms. The Hall–Kier alpha value is -3.41. The molecular formula is C24H25N3O3. The predicted octanol–water partition coefficient (Wildman–Crippen LogP) is 3.62. The number of aromatic nitrogens is 1. The number of anilines is 1. The van der Waals surface area contributed by atoms with E-state index in [9.17, 15) is 9.59 Å². The number of rotatable bonds is 5. The van der Waals surface area contributed by atoms with Gasteiger partial charge < -0.3 is 15.0 Å². The summed E-state index contributed by atoms with van der Waals surface area (Å²) in [6.45, 7) is 2.95. The molecule has 1 aliphatic carbocycles. The van der Waals surface area contributed by atoms with E-state index < -0.39 is 0 Å². The maximum Gasteiger partial charge on any atom is 0.246 e. The Bertz CT molecular complexity index is 1010. The van der Waals surface area contributed by atoms with Crippen LogP contribution in [0.15, 0.2) is 54.6 Å². The lowest BCUT2D eigenvalue weighted by atomic mass is 9.98. The number of hydrogen-bond donors (Lipinski definition) is 1. The average molecular weight is 403 g/mol. The van der Waals surface area contributed by atoms with Crippen molar-refractivity contribution in [2.75, 3.05) is 25.5 Å². The lowest BCUT2D eigenvalue weighted by Crippen LogP contribution is -2.27. The molecule has 154 valence electrons. The van der Waals surface area contributed by atoms with Gasteiger partial charge in [-0.05, 0) is 47.6 Å². The summed E-state index contributed by atoms with van der Waals surface area (Å²) < 4.78 is 5.29. The van der Waals surface area contributed by atoms with E-state index in [4.69, 9.17) is 4.74 Å². The standard InChI is InChI=1S/C24H25N3O3/c1-16(28)25-22-10-8-18(24(26-22)30-2)9-11-23(29)27-14-20-12-19(13-21(20)15-27)17-6-4-3-5-7-17/h3-12,20-21H,13-15H2,1-2H3,(H,25,26,28)/b11-9+. The molecule has 2 atom stereocenters. The molecule has 4 rings (SSSR count). The third-order valence-corrected chi connectivity index (χ3v) is 5.64. The number of nitrogens with one attached hydrogen (secondary N) is 1. The van der Waals surface area contributed by atoms with Crippen molar-refractivity contribution in [3.05, 3.63) is 65.7 Å². The van der Waals surface area contributed by atoms with E-state index in [1.807, 2.05) is 11.0 Å². The molecule has 30 heavy (non-hydrogen) atoms. The van der Waals surface area contributed by atoms with Gasteiger partial charge in [0, 0.05) is 31.7 Å². The second kappa shape index (κ2) is 8.53. The topological polar surface area (TPSA) is 71.5 Å². The number of fused-ring (bicyclic) bond motifs is 1. The van der Waals surface area contributed by atoms with Crippen LogP contribution in [0.2, 0.25) is 0 Å². The van der Waals surface area contributed by atoms with E-state index in [1.54, 1.807) is 24.3 Å². The predicted molar refractivity (Wildman–Crippen MR) is 117 cm³/mol. The number of hydrogen-bond acceptors (Lipinski definition) is 4. The smallest absolute Gasteiger partial charge is 0.246 e. The monoisotopic (exact) mass is 403 g/mol. The quantitative estimate of drug-likeness (QED) is 0.774. The maximum atomic E-state index is 12.7. The van der Waals surface area contributed by atoms with E-state index in [2.05, 4.69) is 40.6 Å². The summed E-state index contributed by atoms with van der Waals surface area (Å²) in [6, 6.07) is 13.9. The fraction of sp³-hybridized carbons (Fsp3) is 0.292. The third-order valence-electron chi connectivity index (χ3n) is 5.64. The van der Waals surface area contributed by atoms with Crippen LogP contribution in [-0.2, 0) is 9.59 Å². The minimum atomic E-state index is -0.202. The molecule has 0 spiro atoms. The van der Waals surface area contributed by atoms with Crippen LogP contribution in [0.25, 0.3) is 11.6 Å². The van der Waals surface area contributed by atoms with Gasteiger partial charge in [-0.15, -0.1) is 0 Å². The van der Waals surface area contributed by atoms with Crippen LogP contribution in [-0.4, -0.2) is 41.9 Å². The highest BCUT2D eigenvalue weighted by Gasteiger charge is 2.37. The molecule has 6 heteroatoms. The van der Waals surface area contributed by atoms with Crippen LogP contribution in [0.4, 0.5) is 5.82 Å². The Kier molecular flexibility index (Phi) is 5.65. The van der Waals surface area contributed by atoms with Crippen molar-refractivity contribution in [3.63, 3.8) is 0 Å². The van der Waals surface area contributed by atoms with Gasteiger partial charge in [-0.1, -0.05) is 36.4 Å². The van der Waals surface area contributed by atoms with E-state index >= 15 is 0 Å². The van der Waals surface area contributed by atoms with Crippen molar-refractivity contribution in [2.24, 2.45) is 11.8 Å². The summed E-state index contributed by atoms with van der Waals surface area (Å²) >= 11 is 0. The molecule has 1 aliphatic heterocycles. The first kappa shape index (κ1) is 19.9. The molecule has 2 aromatic rings. The van der Waals surface area contributed by atoms with Gasteiger partial charge in [0.05, 0.1) is 7.11 Å². The highest BCUT2D eigenvalue weighted by Crippen LogP contribution is 2.40. The van der Waals surface area contributed by atoms with Crippen molar-refractivity contribution in [1.82, 2.24) is 9.88 Å². The molecule has 2 unspecified atom stereocenters. The summed E-state index contributed by atoms with van der Waals surface area (Å²) in [6.07, 6.45) is 6.64. The summed E-state index contributed by atoms with van der Waals surface area (Å²) in [5.74, 6) is 1.48. The van der Waals surface area contributed by atoms with Gasteiger partial charge in [0.25, 0.3) is 0 Å². The van der Waals surface area contributed by atoms with E-state index in [-0.39, 0.29) is 11.8 Å². The molecule has 1 fully saturated rings. The lowest BCUT2D eigenvalue weighted by Gasteiger charge is -2.15. The first-order valence-electron chi connectivity index (χ1n) is 10.1. The molecule has 1 aromatic heterocycles. The van der Waals surface area contributed by atoms with Crippen molar-refractivity contribution < 1.29 is 14.3 Å². The van der Waals surface area contributed by atoms with Crippen molar-refractivity contribution in [3.8, 4) is 5.88 Å². The molecule has 2 aliphatic rings. The van der Waals surface area contributed by atoms with E-state index in [0.717, 1.165) is 19.5 Å². The number of nitrogens with zero attached hydrogens (tertiary/aromatic N) is 2. The zero-order chi connectivity index (χ0) is 21.1. The molecule has 1 aromatic carbocycles. The summed E-state index contributed by atoms with van der Waals surface area (Å²) in [7, 11) is 1.51. The first-order valence-corrected chi connectivity index (χ1v) is 10.1. The lowest BCUT2D eigenvalue weighted by molar-refractivity contribution is -0.125. The third kappa shape index (κ3) is 4.27. The van der Waals surface area contributed by atoms with Gasteiger partial charge in [0.1, 0.15) is 5.82 Å². The van der Waals surface area contributed by atoms with Gasteiger partial charge in [-0.3, -0.25) is 9.59 Å². The van der Waals surface area contributed by atoms with Crippen molar-refractivity contribution >= 4 is 29.3 Å². The van der Waals surface area contributed by atoms with Crippen LogP contribution in [0, 0.1) is 11.8 Å². The number of benzene rings is 1. The van der Waals surface area contributed by atoms with Crippen LogP contribution in [0.3, 0.4) is 0 Å². The van der Waals surface area contributed by atoms with Gasteiger partial charge in [0.2, 0.25) is 17.7 Å². The Morgan fingerprint density at radius 1 is 1.17 bits per heavy atom. The number of methoxy groups -OCH3 is 1. The fourth-order valence-electron chi connectivity index (χ4n) is 4.21. The van der Waals surface area contributed by atoms with E-state index in [0.29, 0.717) is 29.1 Å². The number of likely N-dealkylation sites (tertiary alicyclic amines) is 1. The highest BCUT2D eigenvalue weighted by atomic mass is 16.5. The molecular weight excluding hydrogens is 378 g/mol. The number of amides is 2. The van der Waals surface area contributed by atoms with Gasteiger partial charge >= 0.3 is 0 Å². The molecule has 2 heterocycles. The number of carbonyl (C=O) groups excluding carboxylic acids is 2. The zero-order valence-electron chi connectivity index (χ0n) is 17.2. The van der Waals surface area contributed by atoms with Gasteiger partial charge in [-0.25, -0.2) is 0 Å². The first-order chi connectivity index (χ1) is 14.5. The van der Waals surface area contributed by atoms with Crippen LogP contribution < -0.4 is 10.1 Å². The highest BCUT2D eigenvalue weighted by molar-refractivity contribution is 5.93. The molecule has 0 saturated carbocycles. The zero-order valence-corrected chi connectivity index (χ0v) is 17.2. The second-order valence-corrected chi connectivity index (χ2v) is 7.74. The molecule has 0 radical (unpaired) electrons. The minimum absolute atomic E-state index is 0.00736. The van der Waals surface area contributed by atoms with Gasteiger partial charge in [0.15, 0.2) is 0 Å². The van der Waals surface area contributed by atoms with Crippen molar-refractivity contribution in [1.29, 1.82) is 0 Å². The number of pyridine rings is 1. The van der Waals surface area contributed by atoms with Crippen molar-refractivity contribution in [2.45, 2.75) is 13.3 Å². The Morgan fingerprint density at radius 3 is 2.67 bits per heavy atom. The Morgan fingerprint density at radius 2 is 1.97 bits per heavy atom. The minimum Gasteiger partial charge on any atom is -0.481 e. The normalized spacial score (nSPS) is 20.2. The second-order valence-electron chi connectivity index (χ2n) is 7.74. The fourth-order valence-corrected chi connectivity index (χ4v) is 4.21.